The molecule has 0 fully saturated rings. The van der Waals surface area contributed by atoms with Crippen LogP contribution >= 0.6 is 0 Å². The van der Waals surface area contributed by atoms with E-state index in [-0.39, 0.29) is 0 Å². The Labute approximate surface area is 154 Å². The first kappa shape index (κ1) is 17.7. The maximum absolute atomic E-state index is 6.04. The second-order valence-corrected chi connectivity index (χ2v) is 6.48. The third-order valence-electron chi connectivity index (χ3n) is 4.17. The first-order chi connectivity index (χ1) is 12.6. The van der Waals surface area contributed by atoms with Gasteiger partial charge in [0.15, 0.2) is 5.96 Å². The largest absolute Gasteiger partial charge is 0.370 e. The van der Waals surface area contributed by atoms with Crippen molar-refractivity contribution in [2.75, 3.05) is 5.32 Å². The smallest absolute Gasteiger partial charge is 0.193 e. The minimum Gasteiger partial charge on any atom is -0.370 e. The number of nitrogens with zero attached hydrogens (tertiary/aromatic N) is 3. The lowest BCUT2D eigenvalue weighted by molar-refractivity contribution is 0.652. The third kappa shape index (κ3) is 4.96. The fourth-order valence-electron chi connectivity index (χ4n) is 2.98. The number of rotatable bonds is 6. The van der Waals surface area contributed by atoms with Crippen LogP contribution in [0.4, 0.5) is 5.69 Å². The standard InChI is InChI=1S/C21H25N5/c1-16-12-17(2)14-19(13-16)25-21(22)24-15-20-23-9-11-26(20)10-8-18-6-4-3-5-7-18/h3-7,9,11-14H,8,10,15H2,1-2H3,(H3,22,24,25). The molecule has 0 saturated carbocycles. The van der Waals surface area contributed by atoms with Gasteiger partial charge in [0.05, 0.1) is 0 Å². The molecule has 3 aromatic rings. The van der Waals surface area contributed by atoms with Crippen molar-refractivity contribution in [3.8, 4) is 0 Å². The van der Waals surface area contributed by atoms with E-state index in [0.717, 1.165) is 24.5 Å². The highest BCUT2D eigenvalue weighted by Gasteiger charge is 2.04. The van der Waals surface area contributed by atoms with Gasteiger partial charge in [0.1, 0.15) is 12.4 Å². The molecule has 3 rings (SSSR count). The molecule has 5 heteroatoms. The van der Waals surface area contributed by atoms with Crippen LogP contribution in [0.25, 0.3) is 0 Å². The zero-order chi connectivity index (χ0) is 18.4. The van der Waals surface area contributed by atoms with Crippen LogP contribution in [0.15, 0.2) is 65.9 Å². The lowest BCUT2D eigenvalue weighted by Gasteiger charge is -2.09. The number of aliphatic imine (C=N–C) groups is 1. The van der Waals surface area contributed by atoms with Crippen molar-refractivity contribution in [1.82, 2.24) is 9.55 Å². The Bertz CT molecular complexity index is 860. The average molecular weight is 347 g/mol. The maximum atomic E-state index is 6.04. The lowest BCUT2D eigenvalue weighted by atomic mass is 10.1. The molecule has 0 aliphatic heterocycles. The average Bonchev–Trinajstić information content (AvgIpc) is 3.05. The van der Waals surface area contributed by atoms with Crippen LogP contribution in [0.5, 0.6) is 0 Å². The molecule has 1 aromatic heterocycles. The summed E-state index contributed by atoms with van der Waals surface area (Å²) in [6, 6.07) is 16.7. The second-order valence-electron chi connectivity index (χ2n) is 6.48. The summed E-state index contributed by atoms with van der Waals surface area (Å²) in [6.45, 7) is 5.45. The summed E-state index contributed by atoms with van der Waals surface area (Å²) >= 11 is 0. The van der Waals surface area contributed by atoms with Gasteiger partial charge in [0.2, 0.25) is 0 Å². The molecule has 0 radical (unpaired) electrons. The highest BCUT2D eigenvalue weighted by atomic mass is 15.1. The van der Waals surface area contributed by atoms with E-state index in [1.165, 1.54) is 16.7 Å². The number of nitrogens with one attached hydrogen (secondary N) is 1. The topological polar surface area (TPSA) is 68.2 Å². The second kappa shape index (κ2) is 8.34. The van der Waals surface area contributed by atoms with Gasteiger partial charge in [-0.25, -0.2) is 9.98 Å². The van der Waals surface area contributed by atoms with Gasteiger partial charge in [-0.15, -0.1) is 0 Å². The van der Waals surface area contributed by atoms with E-state index < -0.39 is 0 Å². The van der Waals surface area contributed by atoms with E-state index in [1.54, 1.807) is 0 Å². The SMILES string of the molecule is Cc1cc(C)cc(NC(N)=NCc2nccn2CCc2ccccc2)c1. The van der Waals surface area contributed by atoms with Gasteiger partial charge in [-0.05, 0) is 49.1 Å². The number of nitrogens with two attached hydrogens (primary N) is 1. The molecule has 3 N–H and O–H groups in total. The Balaban J connectivity index is 1.60. The highest BCUT2D eigenvalue weighted by molar-refractivity contribution is 5.92. The molecule has 0 atom stereocenters. The van der Waals surface area contributed by atoms with E-state index in [1.807, 2.05) is 18.5 Å². The molecule has 2 aromatic carbocycles. The molecule has 0 aliphatic carbocycles. The molecule has 0 bridgehead atoms. The van der Waals surface area contributed by atoms with Crippen LogP contribution in [-0.4, -0.2) is 15.5 Å². The minimum absolute atomic E-state index is 0.396. The van der Waals surface area contributed by atoms with E-state index in [4.69, 9.17) is 5.73 Å². The molecule has 0 aliphatic rings. The van der Waals surface area contributed by atoms with Crippen LogP contribution in [0.1, 0.15) is 22.5 Å². The molecular formula is C21H25N5. The predicted molar refractivity (Wildman–Crippen MR) is 107 cm³/mol. The van der Waals surface area contributed by atoms with Crippen molar-refractivity contribution in [3.05, 3.63) is 83.4 Å². The number of anilines is 1. The van der Waals surface area contributed by atoms with Crippen LogP contribution in [0, 0.1) is 13.8 Å². The fraction of sp³-hybridized carbons (Fsp3) is 0.238. The number of imidazole rings is 1. The number of hydrogen-bond acceptors (Lipinski definition) is 2. The zero-order valence-electron chi connectivity index (χ0n) is 15.3. The number of benzene rings is 2. The van der Waals surface area contributed by atoms with Crippen LogP contribution in [0.3, 0.4) is 0 Å². The molecular weight excluding hydrogens is 322 g/mol. The van der Waals surface area contributed by atoms with Crippen LogP contribution < -0.4 is 11.1 Å². The Hall–Kier alpha value is -3.08. The molecule has 0 spiro atoms. The summed E-state index contributed by atoms with van der Waals surface area (Å²) in [5.74, 6) is 1.30. The predicted octanol–water partition coefficient (Wildman–Crippen LogP) is 3.67. The minimum atomic E-state index is 0.396. The van der Waals surface area contributed by atoms with Gasteiger partial charge in [0, 0.05) is 24.6 Å². The molecule has 0 unspecified atom stereocenters. The third-order valence-corrected chi connectivity index (χ3v) is 4.17. The van der Waals surface area contributed by atoms with Crippen LogP contribution in [-0.2, 0) is 19.5 Å². The molecule has 0 saturated heterocycles. The molecule has 5 nitrogen and oxygen atoms in total. The fourth-order valence-corrected chi connectivity index (χ4v) is 2.98. The highest BCUT2D eigenvalue weighted by Crippen LogP contribution is 2.13. The van der Waals surface area contributed by atoms with E-state index in [2.05, 4.69) is 76.2 Å². The summed E-state index contributed by atoms with van der Waals surface area (Å²) in [4.78, 5) is 8.85. The van der Waals surface area contributed by atoms with Crippen molar-refractivity contribution in [2.45, 2.75) is 33.4 Å². The van der Waals surface area contributed by atoms with Crippen molar-refractivity contribution in [2.24, 2.45) is 10.7 Å². The van der Waals surface area contributed by atoms with Crippen molar-refractivity contribution in [1.29, 1.82) is 0 Å². The van der Waals surface area contributed by atoms with Gasteiger partial charge >= 0.3 is 0 Å². The number of guanidine groups is 1. The van der Waals surface area contributed by atoms with Crippen LogP contribution in [0.2, 0.25) is 0 Å². The van der Waals surface area contributed by atoms with Gasteiger partial charge in [-0.3, -0.25) is 0 Å². The lowest BCUT2D eigenvalue weighted by Crippen LogP contribution is -2.23. The molecule has 26 heavy (non-hydrogen) atoms. The Kier molecular flexibility index (Phi) is 5.69. The summed E-state index contributed by atoms with van der Waals surface area (Å²) in [5.41, 5.74) is 10.7. The van der Waals surface area contributed by atoms with Crippen molar-refractivity contribution < 1.29 is 0 Å². The van der Waals surface area contributed by atoms with Gasteiger partial charge in [0.25, 0.3) is 0 Å². The van der Waals surface area contributed by atoms with Gasteiger partial charge < -0.3 is 15.6 Å². The number of hydrogen-bond donors (Lipinski definition) is 2. The first-order valence-electron chi connectivity index (χ1n) is 8.79. The Morgan fingerprint density at radius 2 is 1.85 bits per heavy atom. The summed E-state index contributed by atoms with van der Waals surface area (Å²) in [5, 5.41) is 3.15. The monoisotopic (exact) mass is 347 g/mol. The summed E-state index contributed by atoms with van der Waals surface area (Å²) in [6.07, 6.45) is 4.76. The molecule has 0 amide bonds. The number of aromatic nitrogens is 2. The zero-order valence-corrected chi connectivity index (χ0v) is 15.3. The van der Waals surface area contributed by atoms with E-state index >= 15 is 0 Å². The van der Waals surface area contributed by atoms with E-state index in [9.17, 15) is 0 Å². The first-order valence-corrected chi connectivity index (χ1v) is 8.79. The van der Waals surface area contributed by atoms with E-state index in [0.29, 0.717) is 12.5 Å². The normalized spacial score (nSPS) is 11.5. The molecule has 1 heterocycles. The summed E-state index contributed by atoms with van der Waals surface area (Å²) < 4.78 is 2.13. The number of aryl methyl sites for hydroxylation is 4. The quantitative estimate of drug-likeness (QED) is 0.528. The van der Waals surface area contributed by atoms with Gasteiger partial charge in [-0.2, -0.15) is 0 Å². The Morgan fingerprint density at radius 3 is 2.58 bits per heavy atom. The maximum Gasteiger partial charge on any atom is 0.193 e. The Morgan fingerprint density at radius 1 is 1.12 bits per heavy atom. The van der Waals surface area contributed by atoms with Crippen molar-refractivity contribution in [3.63, 3.8) is 0 Å². The van der Waals surface area contributed by atoms with Crippen molar-refractivity contribution >= 4 is 11.6 Å². The molecule has 134 valence electrons. The van der Waals surface area contributed by atoms with Gasteiger partial charge in [-0.1, -0.05) is 36.4 Å². The summed E-state index contributed by atoms with van der Waals surface area (Å²) in [7, 11) is 0.